The molecule has 23 heavy (non-hydrogen) atoms. The smallest absolute Gasteiger partial charge is 0.266 e. The lowest BCUT2D eigenvalue weighted by molar-refractivity contribution is -0.112. The summed E-state index contributed by atoms with van der Waals surface area (Å²) in [5.74, 6) is -2.81. The largest absolute Gasteiger partial charge is 0.321 e. The van der Waals surface area contributed by atoms with Gasteiger partial charge in [0.05, 0.1) is 0 Å². The first-order chi connectivity index (χ1) is 10.9. The van der Waals surface area contributed by atoms with E-state index in [1.165, 1.54) is 12.1 Å². The summed E-state index contributed by atoms with van der Waals surface area (Å²) in [5, 5.41) is 11.7. The molecule has 1 amide bonds. The Kier molecular flexibility index (Phi) is 4.87. The maximum absolute atomic E-state index is 13.6. The molecule has 0 saturated carbocycles. The lowest BCUT2D eigenvalue weighted by Gasteiger charge is -2.08. The van der Waals surface area contributed by atoms with Crippen molar-refractivity contribution < 1.29 is 13.6 Å². The van der Waals surface area contributed by atoms with Gasteiger partial charge in [0.15, 0.2) is 11.6 Å². The molecular weight excluding hydrogens is 298 g/mol. The first kappa shape index (κ1) is 16.4. The van der Waals surface area contributed by atoms with Gasteiger partial charge in [0.2, 0.25) is 0 Å². The van der Waals surface area contributed by atoms with E-state index in [1.54, 1.807) is 12.1 Å². The Morgan fingerprint density at radius 3 is 2.61 bits per heavy atom. The van der Waals surface area contributed by atoms with E-state index in [0.717, 1.165) is 23.3 Å². The van der Waals surface area contributed by atoms with Crippen LogP contribution in [0.5, 0.6) is 0 Å². The molecule has 2 aromatic carbocycles. The highest BCUT2D eigenvalue weighted by molar-refractivity contribution is 6.10. The van der Waals surface area contributed by atoms with Gasteiger partial charge in [0.1, 0.15) is 11.6 Å². The summed E-state index contributed by atoms with van der Waals surface area (Å²) in [6.07, 6.45) is 1.03. The van der Waals surface area contributed by atoms with Gasteiger partial charge in [-0.1, -0.05) is 29.8 Å². The van der Waals surface area contributed by atoms with Gasteiger partial charge < -0.3 is 5.32 Å². The number of benzene rings is 2. The molecule has 0 aliphatic heterocycles. The van der Waals surface area contributed by atoms with Gasteiger partial charge in [-0.2, -0.15) is 5.26 Å². The molecule has 1 N–H and O–H groups in total. The molecule has 2 rings (SSSR count). The Bertz CT molecular complexity index is 835. The predicted molar refractivity (Wildman–Crippen MR) is 84.5 cm³/mol. The van der Waals surface area contributed by atoms with Crippen LogP contribution in [0.2, 0.25) is 0 Å². The van der Waals surface area contributed by atoms with Crippen LogP contribution in [-0.2, 0) is 4.79 Å². The second-order valence-corrected chi connectivity index (χ2v) is 5.09. The van der Waals surface area contributed by atoms with E-state index in [9.17, 15) is 13.6 Å². The molecule has 0 aliphatic rings. The average Bonchev–Trinajstić information content (AvgIpc) is 2.51. The molecule has 0 spiro atoms. The van der Waals surface area contributed by atoms with Crippen LogP contribution in [0, 0.1) is 36.8 Å². The summed E-state index contributed by atoms with van der Waals surface area (Å²) in [4.78, 5) is 12.2. The van der Waals surface area contributed by atoms with E-state index in [4.69, 9.17) is 5.26 Å². The molecule has 0 unspecified atom stereocenters. The number of aryl methyl sites for hydroxylation is 2. The van der Waals surface area contributed by atoms with Crippen molar-refractivity contribution in [3.63, 3.8) is 0 Å². The molecule has 0 heterocycles. The molecule has 0 aliphatic carbocycles. The third-order valence-corrected chi connectivity index (χ3v) is 3.28. The number of carbonyl (C=O) groups is 1. The number of hydrogen-bond acceptors (Lipinski definition) is 2. The van der Waals surface area contributed by atoms with Gasteiger partial charge in [0, 0.05) is 11.3 Å². The van der Waals surface area contributed by atoms with Crippen molar-refractivity contribution in [2.75, 3.05) is 5.32 Å². The van der Waals surface area contributed by atoms with Gasteiger partial charge in [-0.05, 0) is 37.6 Å². The Hall–Kier alpha value is -3.00. The molecule has 0 saturated heterocycles. The standard InChI is InChI=1S/C18H14F2N2O/c1-11-6-7-16(12(2)8-11)22-18(23)14(10-21)9-13-4-3-5-15(19)17(13)20/h3-9H,1-2H3,(H,22,23)/b14-9-. The molecule has 2 aromatic rings. The second-order valence-electron chi connectivity index (χ2n) is 5.09. The summed E-state index contributed by atoms with van der Waals surface area (Å²) in [5.41, 5.74) is 1.97. The quantitative estimate of drug-likeness (QED) is 0.684. The van der Waals surface area contributed by atoms with Gasteiger partial charge >= 0.3 is 0 Å². The van der Waals surface area contributed by atoms with E-state index in [0.29, 0.717) is 5.69 Å². The second kappa shape index (κ2) is 6.84. The maximum Gasteiger partial charge on any atom is 0.266 e. The van der Waals surface area contributed by atoms with Crippen molar-refractivity contribution >= 4 is 17.7 Å². The van der Waals surface area contributed by atoms with Crippen LogP contribution in [-0.4, -0.2) is 5.91 Å². The molecule has 5 heteroatoms. The number of nitrogens with one attached hydrogen (secondary N) is 1. The van der Waals surface area contributed by atoms with Gasteiger partial charge in [-0.15, -0.1) is 0 Å². The number of amides is 1. The van der Waals surface area contributed by atoms with Gasteiger partial charge in [0.25, 0.3) is 5.91 Å². The number of hydrogen-bond donors (Lipinski definition) is 1. The fourth-order valence-corrected chi connectivity index (χ4v) is 2.08. The molecule has 0 aromatic heterocycles. The van der Waals surface area contributed by atoms with Crippen molar-refractivity contribution in [2.24, 2.45) is 0 Å². The van der Waals surface area contributed by atoms with E-state index in [1.807, 2.05) is 26.0 Å². The number of halogens is 2. The highest BCUT2D eigenvalue weighted by Crippen LogP contribution is 2.19. The first-order valence-corrected chi connectivity index (χ1v) is 6.87. The fraction of sp³-hybridized carbons (Fsp3) is 0.111. The van der Waals surface area contributed by atoms with Crippen molar-refractivity contribution in [1.82, 2.24) is 0 Å². The normalized spacial score (nSPS) is 11.0. The van der Waals surface area contributed by atoms with Crippen LogP contribution in [0.15, 0.2) is 42.0 Å². The lowest BCUT2D eigenvalue weighted by Crippen LogP contribution is -2.14. The summed E-state index contributed by atoms with van der Waals surface area (Å²) < 4.78 is 26.8. The number of nitrogens with zero attached hydrogens (tertiary/aromatic N) is 1. The van der Waals surface area contributed by atoms with Crippen LogP contribution in [0.4, 0.5) is 14.5 Å². The first-order valence-electron chi connectivity index (χ1n) is 6.87. The Morgan fingerprint density at radius 2 is 1.96 bits per heavy atom. The van der Waals surface area contributed by atoms with Crippen LogP contribution in [0.25, 0.3) is 6.08 Å². The van der Waals surface area contributed by atoms with Gasteiger partial charge in [-0.25, -0.2) is 8.78 Å². The third kappa shape index (κ3) is 3.80. The average molecular weight is 312 g/mol. The lowest BCUT2D eigenvalue weighted by atomic mass is 10.1. The van der Waals surface area contributed by atoms with Crippen molar-refractivity contribution in [3.05, 3.63) is 70.3 Å². The molecule has 0 atom stereocenters. The summed E-state index contributed by atoms with van der Waals surface area (Å²) in [6.45, 7) is 3.75. The van der Waals surface area contributed by atoms with Crippen LogP contribution < -0.4 is 5.32 Å². The predicted octanol–water partition coefficient (Wildman–Crippen LogP) is 4.13. The summed E-state index contributed by atoms with van der Waals surface area (Å²) >= 11 is 0. The van der Waals surface area contributed by atoms with Crippen molar-refractivity contribution in [3.8, 4) is 6.07 Å². The number of rotatable bonds is 3. The summed E-state index contributed by atoms with van der Waals surface area (Å²) in [7, 11) is 0. The minimum atomic E-state index is -1.10. The van der Waals surface area contributed by atoms with E-state index >= 15 is 0 Å². The van der Waals surface area contributed by atoms with E-state index in [-0.39, 0.29) is 11.1 Å². The zero-order valence-corrected chi connectivity index (χ0v) is 12.7. The molecule has 0 bridgehead atoms. The minimum absolute atomic E-state index is 0.155. The molecule has 0 fully saturated rings. The highest BCUT2D eigenvalue weighted by atomic mass is 19.2. The van der Waals surface area contributed by atoms with Crippen LogP contribution in [0.3, 0.4) is 0 Å². The fourth-order valence-electron chi connectivity index (χ4n) is 2.08. The molecule has 116 valence electrons. The Morgan fingerprint density at radius 1 is 1.22 bits per heavy atom. The minimum Gasteiger partial charge on any atom is -0.321 e. The molecule has 3 nitrogen and oxygen atoms in total. The zero-order chi connectivity index (χ0) is 17.0. The molecule has 0 radical (unpaired) electrons. The van der Waals surface area contributed by atoms with Crippen LogP contribution in [0.1, 0.15) is 16.7 Å². The van der Waals surface area contributed by atoms with Crippen LogP contribution >= 0.6 is 0 Å². The monoisotopic (exact) mass is 312 g/mol. The SMILES string of the molecule is Cc1ccc(NC(=O)/C(C#N)=C\c2cccc(F)c2F)c(C)c1. The van der Waals surface area contributed by atoms with E-state index < -0.39 is 17.5 Å². The van der Waals surface area contributed by atoms with E-state index in [2.05, 4.69) is 5.32 Å². The summed E-state index contributed by atoms with van der Waals surface area (Å²) in [6, 6.07) is 10.7. The third-order valence-electron chi connectivity index (χ3n) is 3.28. The number of nitriles is 1. The van der Waals surface area contributed by atoms with Crippen molar-refractivity contribution in [2.45, 2.75) is 13.8 Å². The zero-order valence-electron chi connectivity index (χ0n) is 12.7. The molecular formula is C18H14F2N2O. The number of anilines is 1. The number of carbonyl (C=O) groups excluding carboxylic acids is 1. The Balaban J connectivity index is 2.30. The van der Waals surface area contributed by atoms with Crippen molar-refractivity contribution in [1.29, 1.82) is 5.26 Å². The highest BCUT2D eigenvalue weighted by Gasteiger charge is 2.13. The Labute approximate surface area is 132 Å². The topological polar surface area (TPSA) is 52.9 Å². The maximum atomic E-state index is 13.6. The van der Waals surface area contributed by atoms with Gasteiger partial charge in [-0.3, -0.25) is 4.79 Å².